The van der Waals surface area contributed by atoms with Crippen LogP contribution in [0.25, 0.3) is 11.3 Å². The summed E-state index contributed by atoms with van der Waals surface area (Å²) in [7, 11) is 0. The lowest BCUT2D eigenvalue weighted by Gasteiger charge is -2.12. The smallest absolute Gasteiger partial charge is 0.315 e. The highest BCUT2D eigenvalue weighted by Crippen LogP contribution is 2.29. The first-order valence-corrected chi connectivity index (χ1v) is 7.29. The molecule has 0 saturated carbocycles. The molecule has 1 unspecified atom stereocenters. The number of thiophene rings is 1. The third-order valence-electron chi connectivity index (χ3n) is 2.63. The van der Waals surface area contributed by atoms with Crippen molar-refractivity contribution in [2.24, 2.45) is 0 Å². The molecule has 0 radical (unpaired) electrons. The SMILES string of the molecule is CC(C)NC(=O)NCC(O)c1cc(-c2ccco2)cs1. The van der Waals surface area contributed by atoms with Crippen molar-refractivity contribution in [3.8, 4) is 11.3 Å². The topological polar surface area (TPSA) is 74.5 Å². The van der Waals surface area contributed by atoms with Gasteiger partial charge < -0.3 is 20.2 Å². The summed E-state index contributed by atoms with van der Waals surface area (Å²) in [6.07, 6.45) is 0.891. The molecule has 2 rings (SSSR count). The van der Waals surface area contributed by atoms with Gasteiger partial charge in [-0.1, -0.05) is 0 Å². The van der Waals surface area contributed by atoms with E-state index in [1.54, 1.807) is 6.26 Å². The van der Waals surface area contributed by atoms with Gasteiger partial charge in [0.1, 0.15) is 11.9 Å². The Hall–Kier alpha value is -1.79. The summed E-state index contributed by atoms with van der Waals surface area (Å²) < 4.78 is 5.30. The van der Waals surface area contributed by atoms with Gasteiger partial charge in [0.15, 0.2) is 0 Å². The highest BCUT2D eigenvalue weighted by atomic mass is 32.1. The maximum Gasteiger partial charge on any atom is 0.315 e. The highest BCUT2D eigenvalue weighted by Gasteiger charge is 2.13. The van der Waals surface area contributed by atoms with Crippen LogP contribution in [-0.4, -0.2) is 23.7 Å². The number of furan rings is 1. The Morgan fingerprint density at radius 1 is 1.50 bits per heavy atom. The largest absolute Gasteiger partial charge is 0.464 e. The quantitative estimate of drug-likeness (QED) is 0.793. The third-order valence-corrected chi connectivity index (χ3v) is 3.66. The zero-order chi connectivity index (χ0) is 14.5. The molecule has 0 aliphatic carbocycles. The van der Waals surface area contributed by atoms with Gasteiger partial charge in [0.05, 0.1) is 12.8 Å². The fourth-order valence-electron chi connectivity index (χ4n) is 1.70. The van der Waals surface area contributed by atoms with E-state index < -0.39 is 6.10 Å². The standard InChI is InChI=1S/C14H18N2O3S/c1-9(2)16-14(18)15-7-11(17)13-6-10(8-20-13)12-4-3-5-19-12/h3-6,8-9,11,17H,7H2,1-2H3,(H2,15,16,18). The lowest BCUT2D eigenvalue weighted by atomic mass is 10.2. The first-order chi connectivity index (χ1) is 9.56. The van der Waals surface area contributed by atoms with Gasteiger partial charge in [0, 0.05) is 21.9 Å². The molecule has 5 nitrogen and oxygen atoms in total. The van der Waals surface area contributed by atoms with Gasteiger partial charge >= 0.3 is 6.03 Å². The van der Waals surface area contributed by atoms with Crippen LogP contribution >= 0.6 is 11.3 Å². The number of amides is 2. The van der Waals surface area contributed by atoms with E-state index in [0.29, 0.717) is 0 Å². The van der Waals surface area contributed by atoms with Gasteiger partial charge in [-0.05, 0) is 32.0 Å². The van der Waals surface area contributed by atoms with Crippen molar-refractivity contribution < 1.29 is 14.3 Å². The summed E-state index contributed by atoms with van der Waals surface area (Å²) in [4.78, 5) is 12.2. The van der Waals surface area contributed by atoms with E-state index in [0.717, 1.165) is 16.2 Å². The van der Waals surface area contributed by atoms with E-state index in [-0.39, 0.29) is 18.6 Å². The van der Waals surface area contributed by atoms with Crippen molar-refractivity contribution >= 4 is 17.4 Å². The van der Waals surface area contributed by atoms with Gasteiger partial charge in [0.25, 0.3) is 0 Å². The molecule has 0 saturated heterocycles. The predicted molar refractivity (Wildman–Crippen MR) is 78.7 cm³/mol. The molecule has 20 heavy (non-hydrogen) atoms. The molecule has 6 heteroatoms. The molecule has 2 aromatic rings. The van der Waals surface area contributed by atoms with Crippen LogP contribution in [0.1, 0.15) is 24.8 Å². The molecule has 0 bridgehead atoms. The van der Waals surface area contributed by atoms with Crippen molar-refractivity contribution in [3.05, 3.63) is 34.7 Å². The van der Waals surface area contributed by atoms with Crippen LogP contribution in [0.2, 0.25) is 0 Å². The number of hydrogen-bond donors (Lipinski definition) is 3. The average molecular weight is 294 g/mol. The van der Waals surface area contributed by atoms with E-state index in [4.69, 9.17) is 4.42 Å². The van der Waals surface area contributed by atoms with Gasteiger partial charge in [-0.25, -0.2) is 4.79 Å². The van der Waals surface area contributed by atoms with Crippen LogP contribution in [-0.2, 0) is 0 Å². The first kappa shape index (κ1) is 14.6. The summed E-state index contributed by atoms with van der Waals surface area (Å²) in [5.41, 5.74) is 0.931. The summed E-state index contributed by atoms with van der Waals surface area (Å²) in [5, 5.41) is 17.3. The van der Waals surface area contributed by atoms with Crippen molar-refractivity contribution in [1.82, 2.24) is 10.6 Å². The third kappa shape index (κ3) is 3.85. The monoisotopic (exact) mass is 294 g/mol. The number of carbonyl (C=O) groups is 1. The number of aliphatic hydroxyl groups excluding tert-OH is 1. The maximum atomic E-state index is 11.4. The molecule has 2 aromatic heterocycles. The lowest BCUT2D eigenvalue weighted by Crippen LogP contribution is -2.41. The minimum atomic E-state index is -0.721. The Bertz CT molecular complexity index is 549. The van der Waals surface area contributed by atoms with Crippen LogP contribution in [0.3, 0.4) is 0 Å². The fourth-order valence-corrected chi connectivity index (χ4v) is 2.59. The zero-order valence-corrected chi connectivity index (χ0v) is 12.2. The predicted octanol–water partition coefficient (Wildman–Crippen LogP) is 2.75. The summed E-state index contributed by atoms with van der Waals surface area (Å²) in [6.45, 7) is 3.94. The van der Waals surface area contributed by atoms with E-state index in [9.17, 15) is 9.90 Å². The number of nitrogens with one attached hydrogen (secondary N) is 2. The van der Waals surface area contributed by atoms with E-state index >= 15 is 0 Å². The fraction of sp³-hybridized carbons (Fsp3) is 0.357. The minimum absolute atomic E-state index is 0.0689. The Labute approximate surface area is 121 Å². The molecule has 2 heterocycles. The Kier molecular flexibility index (Phi) is 4.81. The van der Waals surface area contributed by atoms with Gasteiger partial charge in [-0.15, -0.1) is 11.3 Å². The summed E-state index contributed by atoms with van der Waals surface area (Å²) in [6, 6.07) is 5.35. The number of urea groups is 1. The van der Waals surface area contributed by atoms with Gasteiger partial charge in [-0.3, -0.25) is 0 Å². The summed E-state index contributed by atoms with van der Waals surface area (Å²) >= 11 is 1.44. The van der Waals surface area contributed by atoms with Crippen LogP contribution in [0, 0.1) is 0 Å². The molecule has 108 valence electrons. The highest BCUT2D eigenvalue weighted by molar-refractivity contribution is 7.10. The van der Waals surface area contributed by atoms with Crippen LogP contribution < -0.4 is 10.6 Å². The maximum absolute atomic E-state index is 11.4. The Morgan fingerprint density at radius 2 is 2.30 bits per heavy atom. The van der Waals surface area contributed by atoms with E-state index in [2.05, 4.69) is 10.6 Å². The van der Waals surface area contributed by atoms with Crippen molar-refractivity contribution in [1.29, 1.82) is 0 Å². The average Bonchev–Trinajstić information content (AvgIpc) is 3.04. The molecule has 0 aromatic carbocycles. The second kappa shape index (κ2) is 6.58. The minimum Gasteiger partial charge on any atom is -0.464 e. The molecular formula is C14H18N2O3S. The van der Waals surface area contributed by atoms with Crippen LogP contribution in [0.15, 0.2) is 34.3 Å². The first-order valence-electron chi connectivity index (χ1n) is 6.41. The van der Waals surface area contributed by atoms with Crippen LogP contribution in [0.4, 0.5) is 4.79 Å². The molecular weight excluding hydrogens is 276 g/mol. The number of carbonyl (C=O) groups excluding carboxylic acids is 1. The second-order valence-corrected chi connectivity index (χ2v) is 5.68. The van der Waals surface area contributed by atoms with Gasteiger partial charge in [0.2, 0.25) is 0 Å². The summed E-state index contributed by atoms with van der Waals surface area (Å²) in [5.74, 6) is 0.769. The molecule has 0 aliphatic heterocycles. The van der Waals surface area contributed by atoms with Gasteiger partial charge in [-0.2, -0.15) is 0 Å². The number of hydrogen-bond acceptors (Lipinski definition) is 4. The molecule has 0 spiro atoms. The lowest BCUT2D eigenvalue weighted by molar-refractivity contribution is 0.176. The normalized spacial score (nSPS) is 12.4. The van der Waals surface area contributed by atoms with Crippen molar-refractivity contribution in [3.63, 3.8) is 0 Å². The van der Waals surface area contributed by atoms with Crippen molar-refractivity contribution in [2.45, 2.75) is 26.0 Å². The molecule has 0 fully saturated rings. The van der Waals surface area contributed by atoms with Crippen molar-refractivity contribution in [2.75, 3.05) is 6.54 Å². The van der Waals surface area contributed by atoms with E-state index in [1.165, 1.54) is 11.3 Å². The second-order valence-electron chi connectivity index (χ2n) is 4.74. The molecule has 3 N–H and O–H groups in total. The van der Waals surface area contributed by atoms with Crippen LogP contribution in [0.5, 0.6) is 0 Å². The van der Waals surface area contributed by atoms with E-state index in [1.807, 2.05) is 37.4 Å². The zero-order valence-electron chi connectivity index (χ0n) is 11.4. The number of rotatable bonds is 5. The Balaban J connectivity index is 1.90. The molecule has 2 amide bonds. The number of aliphatic hydroxyl groups is 1. The molecule has 0 aliphatic rings. The molecule has 1 atom stereocenters. The Morgan fingerprint density at radius 3 is 2.95 bits per heavy atom.